The van der Waals surface area contributed by atoms with Crippen molar-refractivity contribution in [2.24, 2.45) is 23.7 Å². The standard InChI is InChI=1S/C8H10O3S/c9-12(10)6-2-4-3-1-5(11-12)8(6)7(3)4/h3-8H,1-2H2. The Labute approximate surface area is 71.2 Å². The molecule has 0 N–H and O–H groups in total. The lowest BCUT2D eigenvalue weighted by atomic mass is 10.0. The summed E-state index contributed by atoms with van der Waals surface area (Å²) in [7, 11) is -3.14. The number of hydrogen-bond donors (Lipinski definition) is 0. The van der Waals surface area contributed by atoms with Gasteiger partial charge >= 0.3 is 0 Å². The Kier molecular flexibility index (Phi) is 0.786. The fraction of sp³-hybridized carbons (Fsp3) is 1.00. The molecule has 4 rings (SSSR count). The van der Waals surface area contributed by atoms with Crippen molar-refractivity contribution < 1.29 is 12.6 Å². The summed E-state index contributed by atoms with van der Waals surface area (Å²) in [5.74, 6) is 2.73. The van der Waals surface area contributed by atoms with Crippen molar-refractivity contribution in [3.05, 3.63) is 0 Å². The molecule has 0 bridgehead atoms. The van der Waals surface area contributed by atoms with E-state index >= 15 is 0 Å². The first-order chi connectivity index (χ1) is 5.68. The van der Waals surface area contributed by atoms with E-state index in [-0.39, 0.29) is 11.4 Å². The van der Waals surface area contributed by atoms with E-state index in [1.54, 1.807) is 0 Å². The van der Waals surface area contributed by atoms with Crippen LogP contribution < -0.4 is 0 Å². The van der Waals surface area contributed by atoms with Gasteiger partial charge in [0.05, 0.1) is 11.4 Å². The summed E-state index contributed by atoms with van der Waals surface area (Å²) < 4.78 is 27.9. The molecule has 4 heteroatoms. The third-order valence-corrected chi connectivity index (χ3v) is 6.10. The Hall–Kier alpha value is -0.0900. The highest BCUT2D eigenvalue weighted by atomic mass is 32.2. The Morgan fingerprint density at radius 1 is 1.08 bits per heavy atom. The van der Waals surface area contributed by atoms with E-state index in [1.165, 1.54) is 0 Å². The number of hydrogen-bond acceptors (Lipinski definition) is 3. The minimum absolute atomic E-state index is 0.0775. The molecule has 4 aliphatic rings. The fourth-order valence-electron chi connectivity index (χ4n) is 3.95. The Bertz CT molecular complexity index is 360. The van der Waals surface area contributed by atoms with E-state index in [0.717, 1.165) is 30.6 Å². The van der Waals surface area contributed by atoms with Crippen molar-refractivity contribution in [3.8, 4) is 0 Å². The molecule has 1 aliphatic heterocycles. The van der Waals surface area contributed by atoms with Gasteiger partial charge < -0.3 is 0 Å². The topological polar surface area (TPSA) is 43.4 Å². The molecule has 0 amide bonds. The summed E-state index contributed by atoms with van der Waals surface area (Å²) in [5.41, 5.74) is 0. The molecule has 0 aromatic carbocycles. The van der Waals surface area contributed by atoms with Crippen molar-refractivity contribution in [1.29, 1.82) is 0 Å². The van der Waals surface area contributed by atoms with E-state index in [2.05, 4.69) is 0 Å². The van der Waals surface area contributed by atoms with Crippen LogP contribution in [0.3, 0.4) is 0 Å². The van der Waals surface area contributed by atoms with Gasteiger partial charge in [0.15, 0.2) is 0 Å². The summed E-state index contributed by atoms with van der Waals surface area (Å²) >= 11 is 0. The SMILES string of the molecule is O=S1(=O)OC2CC3C4CC1C2C34. The average Bonchev–Trinajstić information content (AvgIpc) is 2.38. The van der Waals surface area contributed by atoms with Gasteiger partial charge in [-0.15, -0.1) is 0 Å². The van der Waals surface area contributed by atoms with Gasteiger partial charge in [0.25, 0.3) is 10.1 Å². The van der Waals surface area contributed by atoms with E-state index in [1.807, 2.05) is 0 Å². The van der Waals surface area contributed by atoms with E-state index in [0.29, 0.717) is 5.92 Å². The van der Waals surface area contributed by atoms with Crippen LogP contribution in [0, 0.1) is 23.7 Å². The maximum atomic E-state index is 11.4. The van der Waals surface area contributed by atoms with Gasteiger partial charge in [-0.3, -0.25) is 4.18 Å². The van der Waals surface area contributed by atoms with Gasteiger partial charge in [0.1, 0.15) is 0 Å². The lowest BCUT2D eigenvalue weighted by molar-refractivity contribution is 0.192. The van der Waals surface area contributed by atoms with Crippen molar-refractivity contribution in [2.45, 2.75) is 24.2 Å². The number of rotatable bonds is 0. The molecule has 6 unspecified atom stereocenters. The van der Waals surface area contributed by atoms with E-state index in [4.69, 9.17) is 4.18 Å². The van der Waals surface area contributed by atoms with Gasteiger partial charge in [-0.05, 0) is 30.6 Å². The molecule has 4 fully saturated rings. The molecule has 1 saturated heterocycles. The van der Waals surface area contributed by atoms with Crippen LogP contribution in [0.1, 0.15) is 12.8 Å². The molecule has 0 aromatic heterocycles. The van der Waals surface area contributed by atoms with Crippen molar-refractivity contribution in [1.82, 2.24) is 0 Å². The van der Waals surface area contributed by atoms with Gasteiger partial charge in [-0.1, -0.05) is 0 Å². The third-order valence-electron chi connectivity index (χ3n) is 4.34. The van der Waals surface area contributed by atoms with Crippen LogP contribution in [-0.4, -0.2) is 19.8 Å². The quantitative estimate of drug-likeness (QED) is 0.513. The van der Waals surface area contributed by atoms with Crippen LogP contribution in [0.15, 0.2) is 0 Å². The average molecular weight is 186 g/mol. The molecule has 1 heterocycles. The van der Waals surface area contributed by atoms with Crippen LogP contribution in [0.4, 0.5) is 0 Å². The molecule has 3 nitrogen and oxygen atoms in total. The lowest BCUT2D eigenvalue weighted by Crippen LogP contribution is -2.19. The molecule has 0 radical (unpaired) electrons. The minimum Gasteiger partial charge on any atom is -0.266 e. The van der Waals surface area contributed by atoms with Crippen LogP contribution in [0.25, 0.3) is 0 Å². The molecular formula is C8H10O3S. The predicted octanol–water partition coefficient (Wildman–Crippen LogP) is 0.369. The molecule has 0 aromatic rings. The molecule has 0 spiro atoms. The maximum Gasteiger partial charge on any atom is 0.270 e. The second-order valence-electron chi connectivity index (χ2n) is 4.62. The second kappa shape index (κ2) is 1.48. The predicted molar refractivity (Wildman–Crippen MR) is 40.8 cm³/mol. The zero-order valence-corrected chi connectivity index (χ0v) is 7.33. The Morgan fingerprint density at radius 3 is 2.67 bits per heavy atom. The fourth-order valence-corrected chi connectivity index (χ4v) is 5.85. The largest absolute Gasteiger partial charge is 0.270 e. The summed E-state index contributed by atoms with van der Waals surface area (Å²) in [4.78, 5) is 0. The van der Waals surface area contributed by atoms with E-state index < -0.39 is 10.1 Å². The number of fused-ring (bicyclic) bond motifs is 1. The minimum atomic E-state index is -3.14. The van der Waals surface area contributed by atoms with Gasteiger partial charge in [0.2, 0.25) is 0 Å². The molecule has 6 atom stereocenters. The third kappa shape index (κ3) is 0.470. The first kappa shape index (κ1) is 6.38. The molecule has 3 saturated carbocycles. The van der Waals surface area contributed by atoms with Crippen LogP contribution in [-0.2, 0) is 14.3 Å². The van der Waals surface area contributed by atoms with Gasteiger partial charge in [-0.25, -0.2) is 0 Å². The highest BCUT2D eigenvalue weighted by Crippen LogP contribution is 2.72. The first-order valence-corrected chi connectivity index (χ1v) is 6.08. The Balaban J connectivity index is 1.92. The molecule has 12 heavy (non-hydrogen) atoms. The molecule has 3 aliphatic carbocycles. The van der Waals surface area contributed by atoms with Crippen molar-refractivity contribution >= 4 is 10.1 Å². The molecular weight excluding hydrogens is 176 g/mol. The normalized spacial score (nSPS) is 68.3. The maximum absolute atomic E-state index is 11.4. The smallest absolute Gasteiger partial charge is 0.266 e. The lowest BCUT2D eigenvalue weighted by Gasteiger charge is -2.07. The van der Waals surface area contributed by atoms with Crippen molar-refractivity contribution in [3.63, 3.8) is 0 Å². The van der Waals surface area contributed by atoms with E-state index in [9.17, 15) is 8.42 Å². The zero-order chi connectivity index (χ0) is 8.09. The summed E-state index contributed by atoms with van der Waals surface area (Å²) in [6.07, 6.45) is 2.00. The summed E-state index contributed by atoms with van der Waals surface area (Å²) in [6, 6.07) is 0. The molecule has 66 valence electrons. The zero-order valence-electron chi connectivity index (χ0n) is 6.51. The summed E-state index contributed by atoms with van der Waals surface area (Å²) in [6.45, 7) is 0. The van der Waals surface area contributed by atoms with Crippen LogP contribution in [0.2, 0.25) is 0 Å². The van der Waals surface area contributed by atoms with Crippen LogP contribution >= 0.6 is 0 Å². The highest BCUT2D eigenvalue weighted by molar-refractivity contribution is 7.87. The summed E-state index contributed by atoms with van der Waals surface area (Å²) in [5, 5.41) is -0.115. The first-order valence-electron chi connectivity index (χ1n) is 4.60. The van der Waals surface area contributed by atoms with Crippen molar-refractivity contribution in [2.75, 3.05) is 0 Å². The highest BCUT2D eigenvalue weighted by Gasteiger charge is 2.74. The monoisotopic (exact) mass is 186 g/mol. The Morgan fingerprint density at radius 2 is 1.83 bits per heavy atom. The van der Waals surface area contributed by atoms with Crippen LogP contribution in [0.5, 0.6) is 0 Å². The second-order valence-corrected chi connectivity index (χ2v) is 6.40. The van der Waals surface area contributed by atoms with Gasteiger partial charge in [-0.2, -0.15) is 8.42 Å². The van der Waals surface area contributed by atoms with Gasteiger partial charge in [0, 0.05) is 5.92 Å².